The fourth-order valence-corrected chi connectivity index (χ4v) is 6.95. The number of benzene rings is 2. The maximum Gasteiger partial charge on any atom is 0.300 e. The number of unbranched alkanes of at least 4 members (excludes halogenated alkanes) is 4. The predicted octanol–water partition coefficient (Wildman–Crippen LogP) is 4.52. The summed E-state index contributed by atoms with van der Waals surface area (Å²) >= 11 is 0. The minimum atomic E-state index is -3.20. The molecule has 1 aliphatic carbocycles. The molecule has 240 valence electrons. The Morgan fingerprint density at radius 3 is 2.33 bits per heavy atom. The molecule has 0 spiro atoms. The van der Waals surface area contributed by atoms with Crippen molar-refractivity contribution in [2.24, 2.45) is 5.73 Å². The lowest BCUT2D eigenvalue weighted by molar-refractivity contribution is -0.134. The molecule has 0 aromatic heterocycles. The number of carbonyl (C=O) groups excluding carboxylic acids is 1. The number of primary amides is 1. The molecular formula is C32H48N2O8S. The summed E-state index contributed by atoms with van der Waals surface area (Å²) in [7, 11) is -3.20. The smallest absolute Gasteiger partial charge is 0.300 e. The Labute approximate surface area is 255 Å². The number of carboxylic acid groups (broad SMARTS) is 1. The first-order chi connectivity index (χ1) is 20.5. The van der Waals surface area contributed by atoms with E-state index in [1.165, 1.54) is 12.1 Å². The number of ether oxygens (including phenoxy) is 1. The first kappa shape index (κ1) is 36.2. The Balaban J connectivity index is 0.00000151. The molecule has 1 fully saturated rings. The molecule has 0 radical (unpaired) electrons. The average Bonchev–Trinajstić information content (AvgIpc) is 3.52. The molecule has 1 atom stereocenters. The molecule has 1 aliphatic rings. The molecule has 2 aromatic rings. The Morgan fingerprint density at radius 1 is 1.00 bits per heavy atom. The van der Waals surface area contributed by atoms with Crippen LogP contribution in [0.25, 0.3) is 0 Å². The van der Waals surface area contributed by atoms with Gasteiger partial charge in [-0.25, -0.2) is 8.42 Å². The summed E-state index contributed by atoms with van der Waals surface area (Å²) in [6.07, 6.45) is 9.73. The minimum absolute atomic E-state index is 0.00551. The van der Waals surface area contributed by atoms with Gasteiger partial charge in [0.15, 0.2) is 9.84 Å². The van der Waals surface area contributed by atoms with Gasteiger partial charge in [0.1, 0.15) is 5.75 Å². The van der Waals surface area contributed by atoms with Gasteiger partial charge in [-0.15, -0.1) is 0 Å². The van der Waals surface area contributed by atoms with Crippen LogP contribution in [0.4, 0.5) is 0 Å². The van der Waals surface area contributed by atoms with E-state index in [1.54, 1.807) is 12.1 Å². The van der Waals surface area contributed by atoms with Crippen LogP contribution in [0.3, 0.4) is 0 Å². The summed E-state index contributed by atoms with van der Waals surface area (Å²) < 4.78 is 31.4. The lowest BCUT2D eigenvalue weighted by Gasteiger charge is -2.13. The number of hydrogen-bond donors (Lipinski definition) is 5. The number of aromatic hydroxyl groups is 1. The fourth-order valence-electron chi connectivity index (χ4n) is 5.03. The molecule has 43 heavy (non-hydrogen) atoms. The van der Waals surface area contributed by atoms with Gasteiger partial charge in [0.05, 0.1) is 21.8 Å². The highest BCUT2D eigenvalue weighted by Crippen LogP contribution is 2.30. The first-order valence-corrected chi connectivity index (χ1v) is 16.7. The van der Waals surface area contributed by atoms with Crippen molar-refractivity contribution in [2.75, 3.05) is 26.3 Å². The lowest BCUT2D eigenvalue weighted by atomic mass is 10.0. The third kappa shape index (κ3) is 13.5. The van der Waals surface area contributed by atoms with Crippen molar-refractivity contribution in [2.45, 2.75) is 93.8 Å². The standard InChI is InChI=1S/C30H44N2O6S.C2H4O2/c31-30(35)27-21-24(15-16-28(27)33)29(34)22-32-17-6-1-2-7-18-38-19-8-5-10-23-11-9-14-26(20-23)39(36,37)25-12-3-4-13-25;1-2(3)4/h9,11,14-16,20-21,25,29,32-34H,1-8,10,12-13,17-19,22H2,(H2,31,35);1H3,(H,3,4)/t29-;/m0./s1. The summed E-state index contributed by atoms with van der Waals surface area (Å²) in [5.41, 5.74) is 6.85. The second-order valence-corrected chi connectivity index (χ2v) is 13.2. The zero-order valence-electron chi connectivity index (χ0n) is 25.2. The maximum absolute atomic E-state index is 12.8. The largest absolute Gasteiger partial charge is 0.507 e. The van der Waals surface area contributed by atoms with Crippen molar-refractivity contribution in [3.8, 4) is 5.75 Å². The number of aliphatic carboxylic acids is 1. The number of aliphatic hydroxyl groups excluding tert-OH is 1. The summed E-state index contributed by atoms with van der Waals surface area (Å²) in [6, 6.07) is 11.8. The van der Waals surface area contributed by atoms with Crippen LogP contribution >= 0.6 is 0 Å². The van der Waals surface area contributed by atoms with Crippen molar-refractivity contribution >= 4 is 21.7 Å². The highest BCUT2D eigenvalue weighted by Gasteiger charge is 2.30. The van der Waals surface area contributed by atoms with E-state index in [0.717, 1.165) is 96.3 Å². The summed E-state index contributed by atoms with van der Waals surface area (Å²) in [5.74, 6) is -1.75. The van der Waals surface area contributed by atoms with E-state index in [4.69, 9.17) is 20.4 Å². The average molecular weight is 621 g/mol. The normalized spacial score (nSPS) is 14.2. The van der Waals surface area contributed by atoms with E-state index in [9.17, 15) is 23.4 Å². The van der Waals surface area contributed by atoms with E-state index in [-0.39, 0.29) is 16.6 Å². The van der Waals surface area contributed by atoms with Crippen LogP contribution in [0.15, 0.2) is 47.4 Å². The van der Waals surface area contributed by atoms with Gasteiger partial charge in [0.2, 0.25) is 0 Å². The van der Waals surface area contributed by atoms with Crippen molar-refractivity contribution < 1.29 is 38.1 Å². The van der Waals surface area contributed by atoms with E-state index in [0.29, 0.717) is 23.6 Å². The molecule has 6 N–H and O–H groups in total. The predicted molar refractivity (Wildman–Crippen MR) is 166 cm³/mol. The van der Waals surface area contributed by atoms with Crippen LogP contribution in [-0.2, 0) is 25.8 Å². The summed E-state index contributed by atoms with van der Waals surface area (Å²) in [4.78, 5) is 20.8. The minimum Gasteiger partial charge on any atom is -0.507 e. The molecule has 0 bridgehead atoms. The number of amides is 1. The molecule has 0 aliphatic heterocycles. The second kappa shape index (κ2) is 19.3. The number of carboxylic acids is 1. The van der Waals surface area contributed by atoms with Gasteiger partial charge in [0.25, 0.3) is 11.9 Å². The quantitative estimate of drug-likeness (QED) is 0.150. The van der Waals surface area contributed by atoms with Gasteiger partial charge in [-0.2, -0.15) is 0 Å². The topological polar surface area (TPSA) is 176 Å². The van der Waals surface area contributed by atoms with Crippen molar-refractivity contribution in [1.29, 1.82) is 0 Å². The van der Waals surface area contributed by atoms with Crippen LogP contribution in [0.1, 0.15) is 98.7 Å². The SMILES string of the molecule is CC(=O)O.NC(=O)c1cc([C@@H](O)CNCCCCCCOCCCCc2cccc(S(=O)(=O)C3CCCC3)c2)ccc1O. The van der Waals surface area contributed by atoms with Crippen LogP contribution in [-0.4, -0.2) is 67.2 Å². The van der Waals surface area contributed by atoms with E-state index in [1.807, 2.05) is 18.2 Å². The molecule has 2 aromatic carbocycles. The van der Waals surface area contributed by atoms with Crippen LogP contribution in [0.2, 0.25) is 0 Å². The maximum atomic E-state index is 12.8. The van der Waals surface area contributed by atoms with Crippen LogP contribution < -0.4 is 11.1 Å². The number of sulfone groups is 1. The van der Waals surface area contributed by atoms with E-state index < -0.39 is 27.8 Å². The zero-order chi connectivity index (χ0) is 31.7. The van der Waals surface area contributed by atoms with Crippen molar-refractivity contribution in [3.05, 3.63) is 59.2 Å². The van der Waals surface area contributed by atoms with Crippen molar-refractivity contribution in [1.82, 2.24) is 5.32 Å². The number of aliphatic hydroxyl groups is 1. The number of rotatable bonds is 18. The molecule has 0 heterocycles. The Kier molecular flexibility index (Phi) is 16.3. The molecule has 11 heteroatoms. The Morgan fingerprint density at radius 2 is 1.65 bits per heavy atom. The number of nitrogens with one attached hydrogen (secondary N) is 1. The number of phenols is 1. The Hall–Kier alpha value is -2.99. The number of hydrogen-bond acceptors (Lipinski definition) is 8. The highest BCUT2D eigenvalue weighted by atomic mass is 32.2. The molecular weight excluding hydrogens is 572 g/mol. The van der Waals surface area contributed by atoms with E-state index >= 15 is 0 Å². The Bertz CT molecular complexity index is 1240. The molecule has 1 saturated carbocycles. The van der Waals surface area contributed by atoms with Gasteiger partial charge < -0.3 is 31.1 Å². The highest BCUT2D eigenvalue weighted by molar-refractivity contribution is 7.92. The van der Waals surface area contributed by atoms with Crippen molar-refractivity contribution in [3.63, 3.8) is 0 Å². The third-order valence-electron chi connectivity index (χ3n) is 7.37. The van der Waals surface area contributed by atoms with Gasteiger partial charge in [-0.1, -0.05) is 43.9 Å². The number of nitrogens with two attached hydrogens (primary N) is 1. The van der Waals surface area contributed by atoms with Crippen LogP contribution in [0, 0.1) is 0 Å². The van der Waals surface area contributed by atoms with Gasteiger partial charge >= 0.3 is 0 Å². The summed E-state index contributed by atoms with van der Waals surface area (Å²) in [5, 5.41) is 30.4. The molecule has 1 amide bonds. The van der Waals surface area contributed by atoms with Crippen LogP contribution in [0.5, 0.6) is 5.75 Å². The second-order valence-electron chi connectivity index (χ2n) is 11.0. The molecule has 3 rings (SSSR count). The number of aryl methyl sites for hydroxylation is 1. The zero-order valence-corrected chi connectivity index (χ0v) is 26.0. The molecule has 10 nitrogen and oxygen atoms in total. The van der Waals surface area contributed by atoms with Gasteiger partial charge in [-0.05, 0) is 86.9 Å². The monoisotopic (exact) mass is 620 g/mol. The summed E-state index contributed by atoms with van der Waals surface area (Å²) in [6.45, 7) is 3.67. The van der Waals surface area contributed by atoms with E-state index in [2.05, 4.69) is 5.32 Å². The number of carbonyl (C=O) groups is 2. The fraction of sp³-hybridized carbons (Fsp3) is 0.562. The van der Waals surface area contributed by atoms with Gasteiger partial charge in [0, 0.05) is 26.7 Å². The molecule has 0 unspecified atom stereocenters. The lowest BCUT2D eigenvalue weighted by Crippen LogP contribution is -2.23. The first-order valence-electron chi connectivity index (χ1n) is 15.1. The molecule has 0 saturated heterocycles. The third-order valence-corrected chi connectivity index (χ3v) is 9.63. The van der Waals surface area contributed by atoms with Gasteiger partial charge in [-0.3, -0.25) is 9.59 Å².